The van der Waals surface area contributed by atoms with Gasteiger partial charge < -0.3 is 5.32 Å². The molecule has 6 nitrogen and oxygen atoms in total. The van der Waals surface area contributed by atoms with Crippen molar-refractivity contribution in [3.8, 4) is 5.69 Å². The molecule has 1 heterocycles. The van der Waals surface area contributed by atoms with Crippen LogP contribution < -0.4 is 5.32 Å². The fourth-order valence-electron chi connectivity index (χ4n) is 1.93. The quantitative estimate of drug-likeness (QED) is 0.736. The van der Waals surface area contributed by atoms with Gasteiger partial charge >= 0.3 is 0 Å². The molecule has 2 aromatic carbocycles. The van der Waals surface area contributed by atoms with Gasteiger partial charge in [-0.25, -0.2) is 4.39 Å². The van der Waals surface area contributed by atoms with Crippen LogP contribution in [0.1, 0.15) is 10.4 Å². The van der Waals surface area contributed by atoms with E-state index in [4.69, 9.17) is 11.6 Å². The Labute approximate surface area is 143 Å². The van der Waals surface area contributed by atoms with Crippen LogP contribution in [0, 0.1) is 5.82 Å². The van der Waals surface area contributed by atoms with Crippen LogP contribution in [-0.2, 0) is 0 Å². The van der Waals surface area contributed by atoms with E-state index in [-0.39, 0.29) is 5.02 Å². The van der Waals surface area contributed by atoms with E-state index >= 15 is 0 Å². The van der Waals surface area contributed by atoms with E-state index in [2.05, 4.69) is 36.8 Å². The van der Waals surface area contributed by atoms with Crippen molar-refractivity contribution in [2.45, 2.75) is 0 Å². The molecule has 116 valence electrons. The summed E-state index contributed by atoms with van der Waals surface area (Å²) in [7, 11) is 0. The first kappa shape index (κ1) is 15.6. The average molecular weight is 397 g/mol. The van der Waals surface area contributed by atoms with Crippen molar-refractivity contribution in [1.29, 1.82) is 0 Å². The molecule has 0 unspecified atom stereocenters. The summed E-state index contributed by atoms with van der Waals surface area (Å²) in [5.41, 5.74) is 1.22. The van der Waals surface area contributed by atoms with Gasteiger partial charge in [0.05, 0.1) is 16.3 Å². The second kappa shape index (κ2) is 6.43. The summed E-state index contributed by atoms with van der Waals surface area (Å²) < 4.78 is 15.3. The molecule has 0 aliphatic heterocycles. The second-order valence-electron chi connectivity index (χ2n) is 4.50. The smallest absolute Gasteiger partial charge is 0.257 e. The van der Waals surface area contributed by atoms with Gasteiger partial charge in [0.2, 0.25) is 0 Å². The number of tetrazole rings is 1. The number of hydrogen-bond acceptors (Lipinski definition) is 4. The van der Waals surface area contributed by atoms with E-state index in [1.807, 2.05) is 0 Å². The maximum absolute atomic E-state index is 13.2. The van der Waals surface area contributed by atoms with Crippen LogP contribution in [0.5, 0.6) is 0 Å². The minimum Gasteiger partial charge on any atom is -0.322 e. The predicted octanol–water partition coefficient (Wildman–Crippen LogP) is 3.47. The number of carbonyl (C=O) groups is 1. The maximum atomic E-state index is 13.2. The summed E-state index contributed by atoms with van der Waals surface area (Å²) in [5, 5.41) is 13.5. The summed E-state index contributed by atoms with van der Waals surface area (Å²) in [4.78, 5) is 12.5. The zero-order valence-electron chi connectivity index (χ0n) is 11.4. The lowest BCUT2D eigenvalue weighted by molar-refractivity contribution is 0.102. The lowest BCUT2D eigenvalue weighted by Crippen LogP contribution is -2.15. The van der Waals surface area contributed by atoms with Crippen LogP contribution in [0.25, 0.3) is 5.69 Å². The van der Waals surface area contributed by atoms with Crippen LogP contribution >= 0.6 is 27.5 Å². The highest BCUT2D eigenvalue weighted by Crippen LogP contribution is 2.23. The van der Waals surface area contributed by atoms with E-state index in [0.29, 0.717) is 16.9 Å². The topological polar surface area (TPSA) is 72.7 Å². The van der Waals surface area contributed by atoms with Crippen molar-refractivity contribution in [2.75, 3.05) is 5.32 Å². The molecule has 0 aliphatic carbocycles. The highest BCUT2D eigenvalue weighted by Gasteiger charge is 2.15. The molecule has 0 radical (unpaired) electrons. The number of amides is 1. The molecule has 0 saturated heterocycles. The van der Waals surface area contributed by atoms with Gasteiger partial charge in [0.15, 0.2) is 0 Å². The van der Waals surface area contributed by atoms with Crippen molar-refractivity contribution in [2.24, 2.45) is 0 Å². The van der Waals surface area contributed by atoms with Gasteiger partial charge in [-0.2, -0.15) is 4.68 Å². The molecule has 0 saturated carbocycles. The SMILES string of the molecule is O=C(Nc1ccc(F)c(Cl)c1)c1cc(Br)ccc1-n1cnnn1. The molecular formula is C14H8BrClFN5O. The van der Waals surface area contributed by atoms with Gasteiger partial charge in [-0.15, -0.1) is 5.10 Å². The number of halogens is 3. The first-order valence-corrected chi connectivity index (χ1v) is 7.51. The lowest BCUT2D eigenvalue weighted by Gasteiger charge is -2.10. The van der Waals surface area contributed by atoms with E-state index < -0.39 is 11.7 Å². The van der Waals surface area contributed by atoms with Crippen LogP contribution in [-0.4, -0.2) is 26.1 Å². The van der Waals surface area contributed by atoms with E-state index in [0.717, 1.165) is 4.47 Å². The van der Waals surface area contributed by atoms with Crippen LogP contribution in [0.15, 0.2) is 47.2 Å². The Morgan fingerprint density at radius 2 is 2.09 bits per heavy atom. The van der Waals surface area contributed by atoms with Crippen molar-refractivity contribution in [1.82, 2.24) is 20.2 Å². The van der Waals surface area contributed by atoms with Crippen LogP contribution in [0.4, 0.5) is 10.1 Å². The van der Waals surface area contributed by atoms with Gasteiger partial charge in [-0.05, 0) is 46.8 Å². The minimum atomic E-state index is -0.554. The second-order valence-corrected chi connectivity index (χ2v) is 5.82. The minimum absolute atomic E-state index is 0.0715. The number of aromatic nitrogens is 4. The van der Waals surface area contributed by atoms with Gasteiger partial charge in [0.25, 0.3) is 5.91 Å². The molecule has 1 aromatic heterocycles. The number of hydrogen-bond donors (Lipinski definition) is 1. The number of carbonyl (C=O) groups excluding carboxylic acids is 1. The first-order valence-electron chi connectivity index (χ1n) is 6.34. The number of anilines is 1. The third-order valence-electron chi connectivity index (χ3n) is 2.98. The lowest BCUT2D eigenvalue weighted by atomic mass is 10.1. The normalized spacial score (nSPS) is 10.6. The van der Waals surface area contributed by atoms with E-state index in [1.165, 1.54) is 29.2 Å². The standard InChI is InChI=1S/C14H8BrClFN5O/c15-8-1-4-13(22-7-18-20-21-22)10(5-8)14(23)19-9-2-3-12(17)11(16)6-9/h1-7H,(H,19,23). The first-order chi connectivity index (χ1) is 11.0. The zero-order chi connectivity index (χ0) is 16.4. The molecule has 0 aliphatic rings. The maximum Gasteiger partial charge on any atom is 0.257 e. The molecule has 9 heteroatoms. The molecule has 0 fully saturated rings. The number of benzene rings is 2. The van der Waals surface area contributed by atoms with Crippen LogP contribution in [0.3, 0.4) is 0 Å². The highest BCUT2D eigenvalue weighted by atomic mass is 79.9. The van der Waals surface area contributed by atoms with Crippen molar-refractivity contribution < 1.29 is 9.18 Å². The zero-order valence-corrected chi connectivity index (χ0v) is 13.7. The molecule has 0 spiro atoms. The Balaban J connectivity index is 1.95. The Morgan fingerprint density at radius 3 is 2.78 bits per heavy atom. The summed E-state index contributed by atoms with van der Waals surface area (Å²) >= 11 is 9.04. The van der Waals surface area contributed by atoms with Crippen molar-refractivity contribution >= 4 is 39.1 Å². The summed E-state index contributed by atoms with van der Waals surface area (Å²) in [6.45, 7) is 0. The van der Waals surface area contributed by atoms with Crippen LogP contribution in [0.2, 0.25) is 5.02 Å². The molecule has 23 heavy (non-hydrogen) atoms. The predicted molar refractivity (Wildman–Crippen MR) is 86.2 cm³/mol. The summed E-state index contributed by atoms with van der Waals surface area (Å²) in [6.07, 6.45) is 1.38. The van der Waals surface area contributed by atoms with Crippen molar-refractivity contribution in [3.05, 3.63) is 63.6 Å². The van der Waals surface area contributed by atoms with E-state index in [9.17, 15) is 9.18 Å². The third kappa shape index (κ3) is 3.38. The van der Waals surface area contributed by atoms with Gasteiger partial charge in [-0.1, -0.05) is 27.5 Å². The highest BCUT2D eigenvalue weighted by molar-refractivity contribution is 9.10. The Hall–Kier alpha value is -2.32. The Morgan fingerprint density at radius 1 is 1.26 bits per heavy atom. The van der Waals surface area contributed by atoms with E-state index in [1.54, 1.807) is 18.2 Å². The molecular weight excluding hydrogens is 389 g/mol. The molecule has 1 N–H and O–H groups in total. The largest absolute Gasteiger partial charge is 0.322 e. The number of nitrogens with one attached hydrogen (secondary N) is 1. The van der Waals surface area contributed by atoms with Gasteiger partial charge in [0.1, 0.15) is 12.1 Å². The van der Waals surface area contributed by atoms with Crippen molar-refractivity contribution in [3.63, 3.8) is 0 Å². The fourth-order valence-corrected chi connectivity index (χ4v) is 2.48. The molecule has 3 rings (SSSR count). The molecule has 0 atom stereocenters. The monoisotopic (exact) mass is 395 g/mol. The average Bonchev–Trinajstić information content (AvgIpc) is 3.05. The molecule has 3 aromatic rings. The molecule has 0 bridgehead atoms. The fraction of sp³-hybridized carbons (Fsp3) is 0. The summed E-state index contributed by atoms with van der Waals surface area (Å²) in [6, 6.07) is 9.05. The summed E-state index contributed by atoms with van der Waals surface area (Å²) in [5.74, 6) is -0.957. The Bertz CT molecular complexity index is 872. The molecule has 1 amide bonds. The number of nitrogens with zero attached hydrogens (tertiary/aromatic N) is 4. The number of rotatable bonds is 3. The van der Waals surface area contributed by atoms with Gasteiger partial charge in [-0.3, -0.25) is 4.79 Å². The van der Waals surface area contributed by atoms with Gasteiger partial charge in [0, 0.05) is 10.2 Å². The third-order valence-corrected chi connectivity index (χ3v) is 3.76. The Kier molecular flexibility index (Phi) is 4.35.